The molecule has 5 nitrogen and oxygen atoms in total. The van der Waals surface area contributed by atoms with E-state index in [0.717, 1.165) is 12.8 Å². The summed E-state index contributed by atoms with van der Waals surface area (Å²) >= 11 is 0. The van der Waals surface area contributed by atoms with Crippen LogP contribution >= 0.6 is 0 Å². The molecule has 1 saturated heterocycles. The van der Waals surface area contributed by atoms with Crippen LogP contribution in [0.3, 0.4) is 0 Å². The van der Waals surface area contributed by atoms with Crippen LogP contribution in [0.5, 0.6) is 0 Å². The largest absolute Gasteiger partial charge is 0.338 e. The van der Waals surface area contributed by atoms with Crippen molar-refractivity contribution in [3.63, 3.8) is 0 Å². The third-order valence-corrected chi connectivity index (χ3v) is 4.19. The molecule has 2 heterocycles. The van der Waals surface area contributed by atoms with Gasteiger partial charge in [0.25, 0.3) is 5.91 Å². The molecular formula is C17H18FN3O2. The first-order chi connectivity index (χ1) is 11.1. The number of Topliss-reactive ketones (excluding diaryl/α,β-unsaturated/α-hetero) is 1. The molecule has 0 N–H and O–H groups in total. The van der Waals surface area contributed by atoms with Gasteiger partial charge in [-0.2, -0.15) is 0 Å². The van der Waals surface area contributed by atoms with Gasteiger partial charge in [0.15, 0.2) is 5.82 Å². The summed E-state index contributed by atoms with van der Waals surface area (Å²) in [5.74, 6) is -0.568. The molecule has 120 valence electrons. The van der Waals surface area contributed by atoms with E-state index in [1.807, 2.05) is 0 Å². The Morgan fingerprint density at radius 2 is 2.17 bits per heavy atom. The molecule has 0 aliphatic carbocycles. The smallest absolute Gasteiger partial charge is 0.253 e. The number of piperidine rings is 1. The molecule has 1 atom stereocenters. The summed E-state index contributed by atoms with van der Waals surface area (Å²) in [6.45, 7) is 0.931. The highest BCUT2D eigenvalue weighted by molar-refractivity contribution is 5.97. The molecule has 6 heteroatoms. The number of rotatable bonds is 3. The van der Waals surface area contributed by atoms with E-state index in [-0.39, 0.29) is 17.6 Å². The topological polar surface area (TPSA) is 55.2 Å². The summed E-state index contributed by atoms with van der Waals surface area (Å²) in [4.78, 5) is 30.8. The average Bonchev–Trinajstić information content (AvgIpc) is 2.99. The van der Waals surface area contributed by atoms with Crippen molar-refractivity contribution in [1.29, 1.82) is 0 Å². The zero-order chi connectivity index (χ0) is 16.4. The summed E-state index contributed by atoms with van der Waals surface area (Å²) in [5, 5.41) is 0. The summed E-state index contributed by atoms with van der Waals surface area (Å²) in [6.07, 6.45) is 4.80. The fraction of sp³-hybridized carbons (Fsp3) is 0.353. The van der Waals surface area contributed by atoms with Gasteiger partial charge < -0.3 is 9.47 Å². The molecule has 0 bridgehead atoms. The third kappa shape index (κ3) is 3.16. The minimum absolute atomic E-state index is 0.0470. The van der Waals surface area contributed by atoms with Gasteiger partial charge >= 0.3 is 0 Å². The van der Waals surface area contributed by atoms with Crippen LogP contribution in [0.2, 0.25) is 0 Å². The Morgan fingerprint density at radius 1 is 1.35 bits per heavy atom. The molecule has 2 aromatic rings. The Hall–Kier alpha value is -2.50. The van der Waals surface area contributed by atoms with Crippen LogP contribution < -0.4 is 0 Å². The number of aryl methyl sites for hydroxylation is 1. The van der Waals surface area contributed by atoms with E-state index in [4.69, 9.17) is 0 Å². The highest BCUT2D eigenvalue weighted by Gasteiger charge is 2.31. The van der Waals surface area contributed by atoms with Crippen molar-refractivity contribution in [2.24, 2.45) is 13.0 Å². The van der Waals surface area contributed by atoms with Gasteiger partial charge in [0.1, 0.15) is 5.82 Å². The van der Waals surface area contributed by atoms with Crippen molar-refractivity contribution >= 4 is 11.7 Å². The molecule has 0 unspecified atom stereocenters. The number of carbonyl (C=O) groups is 2. The van der Waals surface area contributed by atoms with Crippen molar-refractivity contribution < 1.29 is 14.0 Å². The lowest BCUT2D eigenvalue weighted by Gasteiger charge is -2.32. The number of carbonyl (C=O) groups excluding carboxylic acids is 2. The third-order valence-electron chi connectivity index (χ3n) is 4.19. The number of benzene rings is 1. The first-order valence-electron chi connectivity index (χ1n) is 7.62. The monoisotopic (exact) mass is 315 g/mol. The van der Waals surface area contributed by atoms with Crippen molar-refractivity contribution in [2.75, 3.05) is 13.1 Å². The van der Waals surface area contributed by atoms with Gasteiger partial charge in [0, 0.05) is 44.0 Å². The van der Waals surface area contributed by atoms with Gasteiger partial charge in [0.05, 0.1) is 0 Å². The number of hydrogen-bond acceptors (Lipinski definition) is 3. The van der Waals surface area contributed by atoms with Crippen LogP contribution in [0, 0.1) is 11.7 Å². The lowest BCUT2D eigenvalue weighted by Crippen LogP contribution is -2.42. The maximum absolute atomic E-state index is 13.3. The molecule has 1 aliphatic rings. The second-order valence-corrected chi connectivity index (χ2v) is 5.83. The maximum atomic E-state index is 13.3. The molecule has 0 saturated carbocycles. The Labute approximate surface area is 133 Å². The number of nitrogens with zero attached hydrogens (tertiary/aromatic N) is 3. The molecule has 23 heavy (non-hydrogen) atoms. The highest BCUT2D eigenvalue weighted by Crippen LogP contribution is 2.22. The number of halogens is 1. The minimum Gasteiger partial charge on any atom is -0.338 e. The van der Waals surface area contributed by atoms with E-state index >= 15 is 0 Å². The number of likely N-dealkylation sites (tertiary alicyclic amines) is 1. The summed E-state index contributed by atoms with van der Waals surface area (Å²) in [7, 11) is 1.78. The van der Waals surface area contributed by atoms with Crippen molar-refractivity contribution in [1.82, 2.24) is 14.5 Å². The lowest BCUT2D eigenvalue weighted by atomic mass is 9.93. The quantitative estimate of drug-likeness (QED) is 0.817. The zero-order valence-corrected chi connectivity index (χ0v) is 12.9. The molecule has 0 radical (unpaired) electrons. The Kier molecular flexibility index (Phi) is 4.23. The number of amides is 1. The normalized spacial score (nSPS) is 18.0. The van der Waals surface area contributed by atoms with Crippen LogP contribution in [-0.2, 0) is 7.05 Å². The van der Waals surface area contributed by atoms with Gasteiger partial charge in [-0.1, -0.05) is 6.07 Å². The van der Waals surface area contributed by atoms with E-state index in [1.54, 1.807) is 35.0 Å². The molecular weight excluding hydrogens is 297 g/mol. The standard InChI is InChI=1S/C17H18FN3O2/c1-20-9-7-19-16(20)15(22)13-5-3-8-21(11-13)17(23)12-4-2-6-14(18)10-12/h2,4,6-7,9-10,13H,3,5,8,11H2,1H3/t13-/m1/s1. The summed E-state index contributed by atoms with van der Waals surface area (Å²) in [5.41, 5.74) is 0.315. The van der Waals surface area contributed by atoms with E-state index in [2.05, 4.69) is 4.98 Å². The first-order valence-corrected chi connectivity index (χ1v) is 7.62. The van der Waals surface area contributed by atoms with Crippen LogP contribution in [-0.4, -0.2) is 39.2 Å². The van der Waals surface area contributed by atoms with E-state index in [0.29, 0.717) is 24.5 Å². The SMILES string of the molecule is Cn1ccnc1C(=O)[C@@H]1CCCN(C(=O)c2cccc(F)c2)C1. The summed E-state index contributed by atoms with van der Waals surface area (Å²) < 4.78 is 15.0. The first kappa shape index (κ1) is 15.4. The molecule has 3 rings (SSSR count). The second-order valence-electron chi connectivity index (χ2n) is 5.83. The van der Waals surface area contributed by atoms with E-state index < -0.39 is 5.82 Å². The van der Waals surface area contributed by atoms with E-state index in [1.165, 1.54) is 18.2 Å². The van der Waals surface area contributed by atoms with Gasteiger partial charge in [-0.05, 0) is 31.0 Å². The molecule has 1 amide bonds. The minimum atomic E-state index is -0.437. The Bertz CT molecular complexity index is 741. The molecule has 1 aromatic heterocycles. The zero-order valence-electron chi connectivity index (χ0n) is 12.9. The predicted octanol–water partition coefficient (Wildman–Crippen LogP) is 2.29. The van der Waals surface area contributed by atoms with E-state index in [9.17, 15) is 14.0 Å². The lowest BCUT2D eigenvalue weighted by molar-refractivity contribution is 0.0632. The molecule has 0 spiro atoms. The molecule has 1 aliphatic heterocycles. The molecule has 1 fully saturated rings. The number of hydrogen-bond donors (Lipinski definition) is 0. The second kappa shape index (κ2) is 6.32. The van der Waals surface area contributed by atoms with Gasteiger partial charge in [-0.15, -0.1) is 0 Å². The predicted molar refractivity (Wildman–Crippen MR) is 82.6 cm³/mol. The molecule has 1 aromatic carbocycles. The van der Waals surface area contributed by atoms with Crippen LogP contribution in [0.15, 0.2) is 36.7 Å². The maximum Gasteiger partial charge on any atom is 0.253 e. The average molecular weight is 315 g/mol. The highest BCUT2D eigenvalue weighted by atomic mass is 19.1. The van der Waals surface area contributed by atoms with Gasteiger partial charge in [-0.3, -0.25) is 9.59 Å². The van der Waals surface area contributed by atoms with Crippen LogP contribution in [0.4, 0.5) is 4.39 Å². The van der Waals surface area contributed by atoms with Crippen LogP contribution in [0.1, 0.15) is 33.8 Å². The Morgan fingerprint density at radius 3 is 2.87 bits per heavy atom. The van der Waals surface area contributed by atoms with Crippen molar-refractivity contribution in [3.8, 4) is 0 Å². The Balaban J connectivity index is 1.74. The van der Waals surface area contributed by atoms with Gasteiger partial charge in [0.2, 0.25) is 5.78 Å². The van der Waals surface area contributed by atoms with Crippen molar-refractivity contribution in [2.45, 2.75) is 12.8 Å². The summed E-state index contributed by atoms with van der Waals surface area (Å²) in [6, 6.07) is 5.64. The van der Waals surface area contributed by atoms with Crippen molar-refractivity contribution in [3.05, 3.63) is 53.9 Å². The van der Waals surface area contributed by atoms with Crippen LogP contribution in [0.25, 0.3) is 0 Å². The number of ketones is 1. The van der Waals surface area contributed by atoms with Gasteiger partial charge in [-0.25, -0.2) is 9.37 Å². The fourth-order valence-corrected chi connectivity index (χ4v) is 2.97. The number of aromatic nitrogens is 2. The number of imidazole rings is 1. The fourth-order valence-electron chi connectivity index (χ4n) is 2.97.